The van der Waals surface area contributed by atoms with Crippen LogP contribution < -0.4 is 10.6 Å². The molecule has 0 saturated carbocycles. The van der Waals surface area contributed by atoms with Gasteiger partial charge in [-0.15, -0.1) is 0 Å². The van der Waals surface area contributed by atoms with E-state index >= 15 is 0 Å². The predicted octanol–water partition coefficient (Wildman–Crippen LogP) is -1.22. The second kappa shape index (κ2) is 4.53. The summed E-state index contributed by atoms with van der Waals surface area (Å²) in [6.07, 6.45) is 1.92. The van der Waals surface area contributed by atoms with Gasteiger partial charge in [0.2, 0.25) is 0 Å². The van der Waals surface area contributed by atoms with Gasteiger partial charge in [0.25, 0.3) is 15.9 Å². The van der Waals surface area contributed by atoms with Crippen LogP contribution in [0, 0.1) is 0 Å². The summed E-state index contributed by atoms with van der Waals surface area (Å²) in [4.78, 5) is 23.1. The van der Waals surface area contributed by atoms with Crippen LogP contribution in [0.3, 0.4) is 0 Å². The van der Waals surface area contributed by atoms with Crippen molar-refractivity contribution in [1.82, 2.24) is 24.7 Å². The van der Waals surface area contributed by atoms with Crippen molar-refractivity contribution < 1.29 is 18.0 Å². The van der Waals surface area contributed by atoms with Crippen molar-refractivity contribution in [2.45, 2.75) is 23.4 Å². The molecule has 2 aliphatic rings. The van der Waals surface area contributed by atoms with E-state index in [1.807, 2.05) is 0 Å². The molecule has 1 spiro atoms. The number of rotatable bonds is 2. The van der Waals surface area contributed by atoms with E-state index in [2.05, 4.69) is 15.7 Å². The summed E-state index contributed by atoms with van der Waals surface area (Å²) >= 11 is 0. The zero-order valence-electron chi connectivity index (χ0n) is 11.4. The Morgan fingerprint density at radius 3 is 2.43 bits per heavy atom. The van der Waals surface area contributed by atoms with E-state index < -0.39 is 21.6 Å². The van der Waals surface area contributed by atoms with Gasteiger partial charge in [-0.2, -0.15) is 9.40 Å². The molecule has 3 heterocycles. The van der Waals surface area contributed by atoms with E-state index in [1.54, 1.807) is 7.05 Å². The van der Waals surface area contributed by atoms with Gasteiger partial charge in [-0.05, 0) is 18.9 Å². The number of carbonyl (C=O) groups is 2. The fourth-order valence-corrected chi connectivity index (χ4v) is 4.28. The molecule has 9 nitrogen and oxygen atoms in total. The van der Waals surface area contributed by atoms with Crippen LogP contribution in [0.4, 0.5) is 4.79 Å². The summed E-state index contributed by atoms with van der Waals surface area (Å²) in [6.45, 7) is 0.336. The molecule has 1 aromatic heterocycles. The topological polar surface area (TPSA) is 113 Å². The molecule has 2 fully saturated rings. The lowest BCUT2D eigenvalue weighted by molar-refractivity contribution is -0.125. The van der Waals surface area contributed by atoms with Crippen LogP contribution in [0.5, 0.6) is 0 Å². The maximum atomic E-state index is 12.5. The summed E-state index contributed by atoms with van der Waals surface area (Å²) in [7, 11) is -2.08. The van der Waals surface area contributed by atoms with E-state index in [-0.39, 0.29) is 36.9 Å². The number of imide groups is 1. The van der Waals surface area contributed by atoms with Crippen LogP contribution >= 0.6 is 0 Å². The Morgan fingerprint density at radius 2 is 1.95 bits per heavy atom. The Hall–Kier alpha value is -1.94. The van der Waals surface area contributed by atoms with Crippen LogP contribution in [0.1, 0.15) is 12.8 Å². The molecule has 0 aliphatic carbocycles. The van der Waals surface area contributed by atoms with E-state index in [0.29, 0.717) is 0 Å². The van der Waals surface area contributed by atoms with Gasteiger partial charge in [0, 0.05) is 20.1 Å². The van der Waals surface area contributed by atoms with Gasteiger partial charge in [-0.3, -0.25) is 14.8 Å². The molecule has 0 bridgehead atoms. The number of nitrogens with one attached hydrogen (secondary N) is 2. The predicted molar refractivity (Wildman–Crippen MR) is 70.6 cm³/mol. The van der Waals surface area contributed by atoms with Crippen molar-refractivity contribution in [2.24, 2.45) is 7.05 Å². The monoisotopic (exact) mass is 313 g/mol. The number of aryl methyl sites for hydroxylation is 1. The third-order valence-corrected chi connectivity index (χ3v) is 5.94. The lowest BCUT2D eigenvalue weighted by Crippen LogP contribution is -2.55. The average molecular weight is 313 g/mol. The number of carbonyl (C=O) groups excluding carboxylic acids is 2. The van der Waals surface area contributed by atoms with Gasteiger partial charge in [0.05, 0.1) is 6.20 Å². The summed E-state index contributed by atoms with van der Waals surface area (Å²) in [5.41, 5.74) is -0.977. The second-order valence-electron chi connectivity index (χ2n) is 5.19. The normalized spacial score (nSPS) is 22.3. The van der Waals surface area contributed by atoms with Crippen molar-refractivity contribution in [2.75, 3.05) is 13.1 Å². The lowest BCUT2D eigenvalue weighted by atomic mass is 9.89. The highest BCUT2D eigenvalue weighted by Crippen LogP contribution is 2.28. The Balaban J connectivity index is 1.79. The minimum Gasteiger partial charge on any atom is -0.323 e. The van der Waals surface area contributed by atoms with Crippen molar-refractivity contribution >= 4 is 22.0 Å². The molecule has 2 aliphatic heterocycles. The second-order valence-corrected chi connectivity index (χ2v) is 7.07. The molecule has 3 amide bonds. The molecule has 0 unspecified atom stereocenters. The lowest BCUT2D eigenvalue weighted by Gasteiger charge is -2.36. The largest absolute Gasteiger partial charge is 0.323 e. The molecular weight excluding hydrogens is 298 g/mol. The number of sulfonamides is 1. The van der Waals surface area contributed by atoms with E-state index in [1.165, 1.54) is 21.3 Å². The third kappa shape index (κ3) is 2.10. The smallest absolute Gasteiger partial charge is 0.322 e. The van der Waals surface area contributed by atoms with E-state index in [0.717, 1.165) is 0 Å². The highest BCUT2D eigenvalue weighted by Gasteiger charge is 2.49. The highest BCUT2D eigenvalue weighted by atomic mass is 32.2. The molecule has 2 saturated heterocycles. The minimum atomic E-state index is -3.64. The highest BCUT2D eigenvalue weighted by molar-refractivity contribution is 7.89. The summed E-state index contributed by atoms with van der Waals surface area (Å²) in [5, 5.41) is 8.76. The average Bonchev–Trinajstić information content (AvgIpc) is 2.95. The molecule has 114 valence electrons. The van der Waals surface area contributed by atoms with Crippen molar-refractivity contribution in [3.05, 3.63) is 12.3 Å². The van der Waals surface area contributed by atoms with Gasteiger partial charge in [0.15, 0.2) is 5.03 Å². The molecule has 1 aromatic rings. The van der Waals surface area contributed by atoms with Crippen molar-refractivity contribution in [3.63, 3.8) is 0 Å². The van der Waals surface area contributed by atoms with Crippen molar-refractivity contribution in [3.8, 4) is 0 Å². The molecular formula is C11H15N5O4S. The zero-order chi connectivity index (χ0) is 15.3. The molecule has 0 atom stereocenters. The first-order valence-electron chi connectivity index (χ1n) is 6.47. The number of hydrogen-bond acceptors (Lipinski definition) is 5. The molecule has 2 N–H and O–H groups in total. The van der Waals surface area contributed by atoms with Crippen molar-refractivity contribution in [1.29, 1.82) is 0 Å². The van der Waals surface area contributed by atoms with Crippen LogP contribution in [0.15, 0.2) is 17.3 Å². The summed E-state index contributed by atoms with van der Waals surface area (Å²) < 4.78 is 27.6. The quantitative estimate of drug-likeness (QED) is 0.665. The molecule has 3 rings (SSSR count). The molecule has 0 radical (unpaired) electrons. The van der Waals surface area contributed by atoms with Crippen LogP contribution in [-0.4, -0.2) is 53.1 Å². The Kier molecular flexibility index (Phi) is 3.02. The number of aromatic nitrogens is 2. The number of amides is 3. The van der Waals surface area contributed by atoms with Gasteiger partial charge >= 0.3 is 6.03 Å². The Bertz CT molecular complexity index is 702. The van der Waals surface area contributed by atoms with E-state index in [9.17, 15) is 18.0 Å². The number of hydrogen-bond donors (Lipinski definition) is 2. The van der Waals surface area contributed by atoms with Gasteiger partial charge < -0.3 is 5.32 Å². The fourth-order valence-electron chi connectivity index (χ4n) is 2.74. The van der Waals surface area contributed by atoms with Crippen LogP contribution in [0.25, 0.3) is 0 Å². The fraction of sp³-hybridized carbons (Fsp3) is 0.545. The standard InChI is InChI=1S/C11H15N5O4S/c1-15-8(2-5-12-15)21(19,20)16-6-3-11(4-7-16)9(17)13-10(18)14-11/h2,5H,3-4,6-7H2,1H3,(H2,13,14,17,18). The number of piperidine rings is 1. The maximum Gasteiger partial charge on any atom is 0.322 e. The first-order valence-corrected chi connectivity index (χ1v) is 7.91. The molecule has 21 heavy (non-hydrogen) atoms. The molecule has 0 aromatic carbocycles. The SMILES string of the molecule is Cn1nccc1S(=O)(=O)N1CCC2(CC1)NC(=O)NC2=O. The molecule has 10 heteroatoms. The minimum absolute atomic E-state index is 0.110. The number of urea groups is 1. The van der Waals surface area contributed by atoms with Crippen LogP contribution in [-0.2, 0) is 21.9 Å². The first-order chi connectivity index (χ1) is 9.85. The van der Waals surface area contributed by atoms with E-state index in [4.69, 9.17) is 0 Å². The van der Waals surface area contributed by atoms with Crippen LogP contribution in [0.2, 0.25) is 0 Å². The Labute approximate surface area is 121 Å². The maximum absolute atomic E-state index is 12.5. The first kappa shape index (κ1) is 14.0. The van der Waals surface area contributed by atoms with Gasteiger partial charge in [0.1, 0.15) is 5.54 Å². The Morgan fingerprint density at radius 1 is 1.29 bits per heavy atom. The summed E-state index contributed by atoms with van der Waals surface area (Å²) in [5.74, 6) is -0.384. The van der Waals surface area contributed by atoms with Gasteiger partial charge in [-0.25, -0.2) is 13.2 Å². The third-order valence-electron chi connectivity index (χ3n) is 3.97. The van der Waals surface area contributed by atoms with Gasteiger partial charge in [-0.1, -0.05) is 0 Å². The summed E-state index contributed by atoms with van der Waals surface area (Å²) in [6, 6.07) is 0.909. The number of nitrogens with zero attached hydrogens (tertiary/aromatic N) is 3. The zero-order valence-corrected chi connectivity index (χ0v) is 12.2.